The van der Waals surface area contributed by atoms with E-state index in [2.05, 4.69) is 15.7 Å². The number of aromatic nitrogens is 2. The normalized spacial score (nSPS) is 12.7. The molecule has 6 nitrogen and oxygen atoms in total. The molecule has 9 heteroatoms. The van der Waals surface area contributed by atoms with Crippen LogP contribution in [0.2, 0.25) is 0 Å². The Kier molecular flexibility index (Phi) is 6.02. The first-order valence-electron chi connectivity index (χ1n) is 7.50. The van der Waals surface area contributed by atoms with E-state index in [-0.39, 0.29) is 18.2 Å². The topological polar surface area (TPSA) is 68.2 Å². The SMILES string of the molecule is CNC(C(=O)NCc1cccc(OCC(F)(F)F)c1)c1cnn(C)c1. The Morgan fingerprint density at radius 2 is 2.16 bits per heavy atom. The molecular weight excluding hydrogens is 337 g/mol. The summed E-state index contributed by atoms with van der Waals surface area (Å²) in [5, 5.41) is 9.67. The van der Waals surface area contributed by atoms with Crippen LogP contribution in [0, 0.1) is 0 Å². The van der Waals surface area contributed by atoms with Crippen LogP contribution in [-0.4, -0.2) is 35.5 Å². The minimum absolute atomic E-state index is 0.0986. The number of hydrogen-bond donors (Lipinski definition) is 2. The van der Waals surface area contributed by atoms with Crippen LogP contribution in [0.4, 0.5) is 13.2 Å². The van der Waals surface area contributed by atoms with Crippen molar-refractivity contribution in [2.24, 2.45) is 7.05 Å². The number of nitrogens with one attached hydrogen (secondary N) is 2. The van der Waals surface area contributed by atoms with Crippen LogP contribution in [0.1, 0.15) is 17.2 Å². The van der Waals surface area contributed by atoms with E-state index in [4.69, 9.17) is 4.74 Å². The zero-order chi connectivity index (χ0) is 18.4. The van der Waals surface area contributed by atoms with Crippen molar-refractivity contribution >= 4 is 5.91 Å². The van der Waals surface area contributed by atoms with Gasteiger partial charge in [0.05, 0.1) is 6.20 Å². The van der Waals surface area contributed by atoms with E-state index in [1.807, 2.05) is 0 Å². The number of ether oxygens (including phenoxy) is 1. The predicted octanol–water partition coefficient (Wildman–Crippen LogP) is 1.94. The monoisotopic (exact) mass is 356 g/mol. The molecule has 1 atom stereocenters. The first-order chi connectivity index (χ1) is 11.8. The molecule has 0 radical (unpaired) electrons. The van der Waals surface area contributed by atoms with Crippen LogP contribution in [0.15, 0.2) is 36.7 Å². The third kappa shape index (κ3) is 5.79. The highest BCUT2D eigenvalue weighted by molar-refractivity contribution is 5.83. The molecule has 0 spiro atoms. The third-order valence-corrected chi connectivity index (χ3v) is 3.38. The number of likely N-dealkylation sites (N-methyl/N-ethyl adjacent to an activating group) is 1. The first kappa shape index (κ1) is 18.8. The lowest BCUT2D eigenvalue weighted by atomic mass is 10.1. The lowest BCUT2D eigenvalue weighted by Gasteiger charge is -2.15. The number of aryl methyl sites for hydroxylation is 1. The van der Waals surface area contributed by atoms with E-state index in [0.29, 0.717) is 11.1 Å². The molecule has 1 unspecified atom stereocenters. The van der Waals surface area contributed by atoms with Gasteiger partial charge < -0.3 is 15.4 Å². The van der Waals surface area contributed by atoms with E-state index in [1.165, 1.54) is 12.1 Å². The Bertz CT molecular complexity index is 715. The number of hydrogen-bond acceptors (Lipinski definition) is 4. The quantitative estimate of drug-likeness (QED) is 0.796. The zero-order valence-electron chi connectivity index (χ0n) is 13.8. The second-order valence-corrected chi connectivity index (χ2v) is 5.44. The summed E-state index contributed by atoms with van der Waals surface area (Å²) in [5.41, 5.74) is 1.35. The second kappa shape index (κ2) is 8.02. The summed E-state index contributed by atoms with van der Waals surface area (Å²) in [4.78, 5) is 12.3. The molecule has 1 heterocycles. The van der Waals surface area contributed by atoms with Gasteiger partial charge in [-0.2, -0.15) is 18.3 Å². The van der Waals surface area contributed by atoms with Gasteiger partial charge in [-0.1, -0.05) is 12.1 Å². The fourth-order valence-corrected chi connectivity index (χ4v) is 2.24. The van der Waals surface area contributed by atoms with Crippen LogP contribution in [-0.2, 0) is 18.4 Å². The van der Waals surface area contributed by atoms with Gasteiger partial charge in [0.15, 0.2) is 6.61 Å². The maximum absolute atomic E-state index is 12.3. The number of halogens is 3. The highest BCUT2D eigenvalue weighted by Crippen LogP contribution is 2.19. The number of alkyl halides is 3. The van der Waals surface area contributed by atoms with E-state index in [1.54, 1.807) is 43.3 Å². The lowest BCUT2D eigenvalue weighted by Crippen LogP contribution is -2.35. The van der Waals surface area contributed by atoms with Gasteiger partial charge >= 0.3 is 6.18 Å². The summed E-state index contributed by atoms with van der Waals surface area (Å²) >= 11 is 0. The Balaban J connectivity index is 1.94. The molecule has 0 saturated carbocycles. The van der Waals surface area contributed by atoms with Crippen molar-refractivity contribution < 1.29 is 22.7 Å². The number of amides is 1. The Morgan fingerprint density at radius 3 is 2.76 bits per heavy atom. The lowest BCUT2D eigenvalue weighted by molar-refractivity contribution is -0.153. The average molecular weight is 356 g/mol. The molecule has 0 aliphatic rings. The van der Waals surface area contributed by atoms with Gasteiger partial charge in [0, 0.05) is 25.4 Å². The van der Waals surface area contributed by atoms with Gasteiger partial charge in [-0.3, -0.25) is 9.48 Å². The fourth-order valence-electron chi connectivity index (χ4n) is 2.24. The van der Waals surface area contributed by atoms with Crippen molar-refractivity contribution in [3.8, 4) is 5.75 Å². The van der Waals surface area contributed by atoms with Gasteiger partial charge in [0.2, 0.25) is 5.91 Å². The first-order valence-corrected chi connectivity index (χ1v) is 7.50. The summed E-state index contributed by atoms with van der Waals surface area (Å²) < 4.78 is 42.9. The van der Waals surface area contributed by atoms with Gasteiger partial charge in [-0.05, 0) is 24.7 Å². The summed E-state index contributed by atoms with van der Waals surface area (Å²) in [5.74, 6) is -0.168. The number of carbonyl (C=O) groups is 1. The van der Waals surface area contributed by atoms with Crippen LogP contribution in [0.25, 0.3) is 0 Å². The molecule has 1 aromatic heterocycles. The second-order valence-electron chi connectivity index (χ2n) is 5.44. The van der Waals surface area contributed by atoms with Crippen molar-refractivity contribution in [1.82, 2.24) is 20.4 Å². The number of benzene rings is 1. The van der Waals surface area contributed by atoms with Crippen LogP contribution < -0.4 is 15.4 Å². The van der Waals surface area contributed by atoms with Gasteiger partial charge in [-0.15, -0.1) is 0 Å². The smallest absolute Gasteiger partial charge is 0.422 e. The maximum atomic E-state index is 12.3. The number of carbonyl (C=O) groups excluding carboxylic acids is 1. The molecule has 2 rings (SSSR count). The summed E-state index contributed by atoms with van der Waals surface area (Å²) in [6.45, 7) is -1.19. The Hall–Kier alpha value is -2.55. The molecule has 0 fully saturated rings. The zero-order valence-corrected chi connectivity index (χ0v) is 13.8. The molecular formula is C16H19F3N4O2. The number of rotatable bonds is 7. The van der Waals surface area contributed by atoms with Crippen LogP contribution >= 0.6 is 0 Å². The molecule has 1 aromatic carbocycles. The maximum Gasteiger partial charge on any atom is 0.422 e. The van der Waals surface area contributed by atoms with Crippen LogP contribution in [0.5, 0.6) is 5.75 Å². The standard InChI is InChI=1S/C16H19F3N4O2/c1-20-14(12-8-22-23(2)9-12)15(24)21-7-11-4-3-5-13(6-11)25-10-16(17,18)19/h3-6,8-9,14,20H,7,10H2,1-2H3,(H,21,24). The van der Waals surface area contributed by atoms with Crippen molar-refractivity contribution in [3.63, 3.8) is 0 Å². The summed E-state index contributed by atoms with van der Waals surface area (Å²) in [7, 11) is 3.41. The van der Waals surface area contributed by atoms with Gasteiger partial charge in [0.1, 0.15) is 11.8 Å². The van der Waals surface area contributed by atoms with E-state index in [9.17, 15) is 18.0 Å². The highest BCUT2D eigenvalue weighted by atomic mass is 19.4. The molecule has 2 N–H and O–H groups in total. The van der Waals surface area contributed by atoms with E-state index >= 15 is 0 Å². The summed E-state index contributed by atoms with van der Waals surface area (Å²) in [6, 6.07) is 5.59. The van der Waals surface area contributed by atoms with Crippen molar-refractivity contribution in [1.29, 1.82) is 0 Å². The number of nitrogens with zero attached hydrogens (tertiary/aromatic N) is 2. The van der Waals surface area contributed by atoms with E-state index in [0.717, 1.165) is 0 Å². The van der Waals surface area contributed by atoms with Gasteiger partial charge in [0.25, 0.3) is 0 Å². The highest BCUT2D eigenvalue weighted by Gasteiger charge is 2.28. The molecule has 2 aromatic rings. The Morgan fingerprint density at radius 1 is 1.40 bits per heavy atom. The molecule has 25 heavy (non-hydrogen) atoms. The summed E-state index contributed by atoms with van der Waals surface area (Å²) in [6.07, 6.45) is -1.08. The molecule has 0 aliphatic carbocycles. The Labute approximate surface area is 143 Å². The van der Waals surface area contributed by atoms with Gasteiger partial charge in [-0.25, -0.2) is 0 Å². The fraction of sp³-hybridized carbons (Fsp3) is 0.375. The van der Waals surface area contributed by atoms with Crippen molar-refractivity contribution in [3.05, 3.63) is 47.8 Å². The van der Waals surface area contributed by atoms with Crippen LogP contribution in [0.3, 0.4) is 0 Å². The van der Waals surface area contributed by atoms with Crippen molar-refractivity contribution in [2.45, 2.75) is 18.8 Å². The molecule has 1 amide bonds. The molecule has 0 saturated heterocycles. The van der Waals surface area contributed by atoms with E-state index < -0.39 is 18.8 Å². The third-order valence-electron chi connectivity index (χ3n) is 3.38. The predicted molar refractivity (Wildman–Crippen MR) is 84.8 cm³/mol. The molecule has 0 aliphatic heterocycles. The largest absolute Gasteiger partial charge is 0.484 e. The molecule has 136 valence electrons. The minimum Gasteiger partial charge on any atom is -0.484 e. The molecule has 0 bridgehead atoms. The minimum atomic E-state index is -4.39. The van der Waals surface area contributed by atoms with Crippen molar-refractivity contribution in [2.75, 3.05) is 13.7 Å². The average Bonchev–Trinajstić information content (AvgIpc) is 2.97.